The van der Waals surface area contributed by atoms with Crippen molar-refractivity contribution in [3.05, 3.63) is 44.8 Å². The van der Waals surface area contributed by atoms with Gasteiger partial charge >= 0.3 is 0 Å². The van der Waals surface area contributed by atoms with Crippen LogP contribution in [0.1, 0.15) is 0 Å². The third-order valence-corrected chi connectivity index (χ3v) is 5.54. The van der Waals surface area contributed by atoms with Gasteiger partial charge < -0.3 is 9.47 Å². The van der Waals surface area contributed by atoms with Crippen LogP contribution in [0.15, 0.2) is 39.7 Å². The number of methoxy groups -OCH3 is 2. The van der Waals surface area contributed by atoms with Crippen LogP contribution >= 0.6 is 39.1 Å². The SMILES string of the molecule is COc1cc(NS(=O)(=O)c2ccc(Br)cc2Cl)c(OC)cc1Cl. The van der Waals surface area contributed by atoms with Gasteiger partial charge in [0.05, 0.1) is 30.0 Å². The molecule has 0 saturated heterocycles. The summed E-state index contributed by atoms with van der Waals surface area (Å²) in [5.41, 5.74) is 0.188. The van der Waals surface area contributed by atoms with Gasteiger partial charge in [-0.1, -0.05) is 39.1 Å². The van der Waals surface area contributed by atoms with Crippen LogP contribution in [-0.4, -0.2) is 22.6 Å². The second-order valence-electron chi connectivity index (χ2n) is 4.37. The van der Waals surface area contributed by atoms with E-state index in [1.807, 2.05) is 0 Å². The molecule has 0 aliphatic carbocycles. The molecule has 5 nitrogen and oxygen atoms in total. The summed E-state index contributed by atoms with van der Waals surface area (Å²) in [4.78, 5) is -0.0571. The van der Waals surface area contributed by atoms with Crippen LogP contribution in [0.2, 0.25) is 10.0 Å². The lowest BCUT2D eigenvalue weighted by Gasteiger charge is -2.15. The second kappa shape index (κ2) is 7.17. The maximum absolute atomic E-state index is 12.5. The molecule has 0 saturated carbocycles. The molecule has 9 heteroatoms. The highest BCUT2D eigenvalue weighted by molar-refractivity contribution is 9.10. The summed E-state index contributed by atoms with van der Waals surface area (Å²) in [6.07, 6.45) is 0. The first kappa shape index (κ1) is 18.2. The van der Waals surface area contributed by atoms with Crippen molar-refractivity contribution in [3.8, 4) is 11.5 Å². The average Bonchev–Trinajstić information content (AvgIpc) is 2.47. The zero-order valence-electron chi connectivity index (χ0n) is 12.1. The molecule has 2 aromatic rings. The van der Waals surface area contributed by atoms with Gasteiger partial charge in [0, 0.05) is 16.6 Å². The standard InChI is InChI=1S/C14H12BrCl2NO4S/c1-21-12-7-11(13(22-2)6-9(12)16)18-23(19,20)14-4-3-8(15)5-10(14)17/h3-7,18H,1-2H3. The predicted molar refractivity (Wildman–Crippen MR) is 94.5 cm³/mol. The van der Waals surface area contributed by atoms with Crippen molar-refractivity contribution >= 4 is 54.8 Å². The Morgan fingerprint density at radius 3 is 2.22 bits per heavy atom. The number of nitrogens with one attached hydrogen (secondary N) is 1. The minimum absolute atomic E-state index is 0.0571. The lowest BCUT2D eigenvalue weighted by molar-refractivity contribution is 0.405. The number of hydrogen-bond acceptors (Lipinski definition) is 4. The summed E-state index contributed by atoms with van der Waals surface area (Å²) >= 11 is 15.2. The molecular formula is C14H12BrCl2NO4S. The summed E-state index contributed by atoms with van der Waals surface area (Å²) in [7, 11) is -1.08. The summed E-state index contributed by atoms with van der Waals surface area (Å²) in [5.74, 6) is 0.569. The number of anilines is 1. The van der Waals surface area contributed by atoms with E-state index in [0.29, 0.717) is 15.2 Å². The van der Waals surface area contributed by atoms with E-state index >= 15 is 0 Å². The topological polar surface area (TPSA) is 64.6 Å². The minimum atomic E-state index is -3.91. The number of ether oxygens (including phenoxy) is 2. The van der Waals surface area contributed by atoms with Gasteiger partial charge in [0.15, 0.2) is 0 Å². The van der Waals surface area contributed by atoms with E-state index in [0.717, 1.165) is 0 Å². The molecular weight excluding hydrogens is 429 g/mol. The molecule has 2 rings (SSSR count). The van der Waals surface area contributed by atoms with E-state index < -0.39 is 10.0 Å². The van der Waals surface area contributed by atoms with Crippen molar-refractivity contribution in [1.29, 1.82) is 0 Å². The summed E-state index contributed by atoms with van der Waals surface area (Å²) < 4.78 is 38.4. The lowest BCUT2D eigenvalue weighted by Crippen LogP contribution is -2.14. The van der Waals surface area contributed by atoms with E-state index in [9.17, 15) is 8.42 Å². The van der Waals surface area contributed by atoms with Crippen LogP contribution < -0.4 is 14.2 Å². The fourth-order valence-corrected chi connectivity index (χ4v) is 4.16. The van der Waals surface area contributed by atoms with E-state index in [4.69, 9.17) is 32.7 Å². The molecule has 124 valence electrons. The van der Waals surface area contributed by atoms with Crippen LogP contribution in [0.25, 0.3) is 0 Å². The second-order valence-corrected chi connectivity index (χ2v) is 7.75. The molecule has 0 fully saturated rings. The zero-order valence-corrected chi connectivity index (χ0v) is 16.0. The molecule has 0 heterocycles. The highest BCUT2D eigenvalue weighted by Gasteiger charge is 2.21. The van der Waals surface area contributed by atoms with Crippen LogP contribution in [0.5, 0.6) is 11.5 Å². The van der Waals surface area contributed by atoms with Gasteiger partial charge in [0.2, 0.25) is 0 Å². The molecule has 0 aliphatic rings. The Labute approximate surface area is 152 Å². The van der Waals surface area contributed by atoms with Crippen LogP contribution in [0.4, 0.5) is 5.69 Å². The van der Waals surface area contributed by atoms with Crippen molar-refractivity contribution in [1.82, 2.24) is 0 Å². The van der Waals surface area contributed by atoms with E-state index in [1.54, 1.807) is 6.07 Å². The fourth-order valence-electron chi connectivity index (χ4n) is 1.83. The number of rotatable bonds is 5. The molecule has 0 bridgehead atoms. The van der Waals surface area contributed by atoms with E-state index in [2.05, 4.69) is 20.7 Å². The maximum Gasteiger partial charge on any atom is 0.263 e. The third-order valence-electron chi connectivity index (χ3n) is 2.90. The Hall–Kier alpha value is -1.15. The first-order chi connectivity index (χ1) is 10.8. The smallest absolute Gasteiger partial charge is 0.263 e. The van der Waals surface area contributed by atoms with Gasteiger partial charge in [0.25, 0.3) is 10.0 Å². The largest absolute Gasteiger partial charge is 0.495 e. The molecule has 1 N–H and O–H groups in total. The van der Waals surface area contributed by atoms with Gasteiger partial charge in [-0.05, 0) is 18.2 Å². The Morgan fingerprint density at radius 1 is 1.00 bits per heavy atom. The Morgan fingerprint density at radius 2 is 1.65 bits per heavy atom. The first-order valence-electron chi connectivity index (χ1n) is 6.18. The van der Waals surface area contributed by atoms with Crippen LogP contribution in [0.3, 0.4) is 0 Å². The van der Waals surface area contributed by atoms with Gasteiger partial charge in [-0.25, -0.2) is 8.42 Å². The summed E-state index contributed by atoms with van der Waals surface area (Å²) in [6, 6.07) is 7.37. The first-order valence-corrected chi connectivity index (χ1v) is 9.21. The highest BCUT2D eigenvalue weighted by Crippen LogP contribution is 2.37. The predicted octanol–water partition coefficient (Wildman–Crippen LogP) is 4.57. The minimum Gasteiger partial charge on any atom is -0.495 e. The molecule has 0 unspecified atom stereocenters. The number of halogens is 3. The number of benzene rings is 2. The Bertz CT molecular complexity index is 843. The monoisotopic (exact) mass is 439 g/mol. The lowest BCUT2D eigenvalue weighted by atomic mass is 10.3. The zero-order chi connectivity index (χ0) is 17.2. The van der Waals surface area contributed by atoms with Crippen LogP contribution in [0, 0.1) is 0 Å². The van der Waals surface area contributed by atoms with Gasteiger partial charge in [-0.2, -0.15) is 0 Å². The fraction of sp³-hybridized carbons (Fsp3) is 0.143. The normalized spacial score (nSPS) is 11.2. The maximum atomic E-state index is 12.5. The summed E-state index contributed by atoms with van der Waals surface area (Å²) in [5, 5.41) is 0.390. The van der Waals surface area contributed by atoms with Crippen molar-refractivity contribution in [2.24, 2.45) is 0 Å². The van der Waals surface area contributed by atoms with Crippen molar-refractivity contribution in [3.63, 3.8) is 0 Å². The molecule has 0 aliphatic heterocycles. The van der Waals surface area contributed by atoms with Gasteiger partial charge in [-0.15, -0.1) is 0 Å². The molecule has 0 amide bonds. The van der Waals surface area contributed by atoms with E-state index in [1.165, 1.54) is 38.5 Å². The Balaban J connectivity index is 2.48. The average molecular weight is 441 g/mol. The molecule has 0 spiro atoms. The van der Waals surface area contributed by atoms with Crippen molar-refractivity contribution < 1.29 is 17.9 Å². The highest BCUT2D eigenvalue weighted by atomic mass is 79.9. The Kier molecular flexibility index (Phi) is 5.67. The molecule has 0 aromatic heterocycles. The molecule has 2 aromatic carbocycles. The third kappa shape index (κ3) is 4.03. The molecule has 0 radical (unpaired) electrons. The van der Waals surface area contributed by atoms with Gasteiger partial charge in [0.1, 0.15) is 16.4 Å². The van der Waals surface area contributed by atoms with Crippen molar-refractivity contribution in [2.45, 2.75) is 4.90 Å². The van der Waals surface area contributed by atoms with Crippen molar-refractivity contribution in [2.75, 3.05) is 18.9 Å². The quantitative estimate of drug-likeness (QED) is 0.739. The van der Waals surface area contributed by atoms with Crippen LogP contribution in [-0.2, 0) is 10.0 Å². The number of sulfonamides is 1. The van der Waals surface area contributed by atoms with Gasteiger partial charge in [-0.3, -0.25) is 4.72 Å². The molecule has 0 atom stereocenters. The van der Waals surface area contributed by atoms with E-state index in [-0.39, 0.29) is 21.4 Å². The summed E-state index contributed by atoms with van der Waals surface area (Å²) in [6.45, 7) is 0. The molecule has 23 heavy (non-hydrogen) atoms. The number of hydrogen-bond donors (Lipinski definition) is 1.